The lowest BCUT2D eigenvalue weighted by molar-refractivity contribution is 0.0970. The first-order valence-electron chi connectivity index (χ1n) is 6.55. The third-order valence-electron chi connectivity index (χ3n) is 3.28. The van der Waals surface area contributed by atoms with Crippen molar-refractivity contribution >= 4 is 38.8 Å². The highest BCUT2D eigenvalue weighted by molar-refractivity contribution is 9.10. The van der Waals surface area contributed by atoms with Crippen LogP contribution in [0.15, 0.2) is 45.9 Å². The van der Waals surface area contributed by atoms with Crippen LogP contribution in [0.2, 0.25) is 0 Å². The van der Waals surface area contributed by atoms with E-state index in [0.717, 1.165) is 28.0 Å². The Hall–Kier alpha value is -1.53. The van der Waals surface area contributed by atoms with Crippen LogP contribution < -0.4 is 5.32 Å². The average molecular weight is 364 g/mol. The van der Waals surface area contributed by atoms with E-state index in [2.05, 4.69) is 26.2 Å². The number of benzene rings is 1. The highest BCUT2D eigenvalue weighted by atomic mass is 79.9. The normalized spacial score (nSPS) is 14.1. The molecule has 0 unspecified atom stereocenters. The Balaban J connectivity index is 1.86. The minimum Gasteiger partial charge on any atom is -0.340 e. The van der Waals surface area contributed by atoms with Crippen molar-refractivity contribution < 1.29 is 4.79 Å². The molecule has 4 nitrogen and oxygen atoms in total. The van der Waals surface area contributed by atoms with Crippen LogP contribution in [0.1, 0.15) is 10.5 Å². The van der Waals surface area contributed by atoms with Gasteiger partial charge in [-0.05, 0) is 29.8 Å². The van der Waals surface area contributed by atoms with Gasteiger partial charge in [0.1, 0.15) is 5.69 Å². The van der Waals surface area contributed by atoms with Crippen molar-refractivity contribution in [3.63, 3.8) is 0 Å². The minimum atomic E-state index is -0.119. The summed E-state index contributed by atoms with van der Waals surface area (Å²) in [5.41, 5.74) is 2.70. The van der Waals surface area contributed by atoms with Gasteiger partial charge in [-0.25, -0.2) is 0 Å². The summed E-state index contributed by atoms with van der Waals surface area (Å²) in [6.45, 7) is 0.775. The number of aromatic nitrogens is 1. The Bertz CT molecular complexity index is 723. The number of nitrogens with one attached hydrogen (secondary N) is 1. The van der Waals surface area contributed by atoms with Gasteiger partial charge < -0.3 is 9.88 Å². The fourth-order valence-electron chi connectivity index (χ4n) is 2.25. The maximum atomic E-state index is 12.3. The van der Waals surface area contributed by atoms with Crippen LogP contribution in [0, 0.1) is 0 Å². The summed E-state index contributed by atoms with van der Waals surface area (Å²) in [4.78, 5) is 16.5. The highest BCUT2D eigenvalue weighted by Crippen LogP contribution is 2.24. The lowest BCUT2D eigenvalue weighted by Crippen LogP contribution is -2.29. The third-order valence-corrected chi connectivity index (χ3v) is 4.67. The number of hydrogen-bond acceptors (Lipinski definition) is 3. The molecule has 0 saturated carbocycles. The number of nitrogens with zero attached hydrogens (tertiary/aromatic N) is 2. The molecule has 21 heavy (non-hydrogen) atoms. The zero-order valence-electron chi connectivity index (χ0n) is 11.5. The van der Waals surface area contributed by atoms with E-state index in [1.807, 2.05) is 48.0 Å². The predicted octanol–water partition coefficient (Wildman–Crippen LogP) is 3.29. The summed E-state index contributed by atoms with van der Waals surface area (Å²) >= 11 is 5.05. The summed E-state index contributed by atoms with van der Waals surface area (Å²) in [5, 5.41) is 3.57. The number of halogens is 1. The van der Waals surface area contributed by atoms with Gasteiger partial charge in [-0.3, -0.25) is 9.79 Å². The van der Waals surface area contributed by atoms with E-state index in [4.69, 9.17) is 0 Å². The van der Waals surface area contributed by atoms with E-state index in [1.165, 1.54) is 0 Å². The fraction of sp³-hybridized carbons (Fsp3) is 0.200. The molecule has 1 N–H and O–H groups in total. The van der Waals surface area contributed by atoms with Crippen molar-refractivity contribution in [2.75, 3.05) is 12.3 Å². The number of carbonyl (C=O) groups is 1. The fourth-order valence-corrected chi connectivity index (χ4v) is 3.37. The van der Waals surface area contributed by atoms with Crippen LogP contribution in [0.3, 0.4) is 0 Å². The predicted molar refractivity (Wildman–Crippen MR) is 90.8 cm³/mol. The topological polar surface area (TPSA) is 46.4 Å². The lowest BCUT2D eigenvalue weighted by atomic mass is 10.1. The molecule has 108 valence electrons. The van der Waals surface area contributed by atoms with Gasteiger partial charge in [-0.2, -0.15) is 0 Å². The number of thioether (sulfide) groups is 1. The Kier molecular flexibility index (Phi) is 4.17. The average Bonchev–Trinajstić information content (AvgIpc) is 3.08. The quantitative estimate of drug-likeness (QED) is 0.889. The number of amidine groups is 1. The summed E-state index contributed by atoms with van der Waals surface area (Å²) in [5.74, 6) is 0.818. The van der Waals surface area contributed by atoms with Crippen LogP contribution in [-0.2, 0) is 7.05 Å². The molecule has 1 aromatic carbocycles. The van der Waals surface area contributed by atoms with Gasteiger partial charge in [-0.15, -0.1) is 0 Å². The zero-order chi connectivity index (χ0) is 14.8. The van der Waals surface area contributed by atoms with Crippen molar-refractivity contribution in [3.8, 4) is 11.3 Å². The van der Waals surface area contributed by atoms with E-state index in [-0.39, 0.29) is 5.91 Å². The standard InChI is InChI=1S/C15H14BrN3OS/c1-19-12(10-3-2-4-11(16)9-10)5-6-13(19)14(20)18-15-17-7-8-21-15/h2-6,9H,7-8H2,1H3,(H,17,18,20). The lowest BCUT2D eigenvalue weighted by Gasteiger charge is -2.08. The Morgan fingerprint density at radius 3 is 2.95 bits per heavy atom. The van der Waals surface area contributed by atoms with Crippen LogP contribution >= 0.6 is 27.7 Å². The van der Waals surface area contributed by atoms with Gasteiger partial charge in [0, 0.05) is 23.0 Å². The molecule has 3 rings (SSSR count). The first-order valence-corrected chi connectivity index (χ1v) is 8.33. The van der Waals surface area contributed by atoms with Crippen LogP contribution in [0.5, 0.6) is 0 Å². The maximum absolute atomic E-state index is 12.3. The molecule has 1 aliphatic rings. The number of amides is 1. The molecule has 0 fully saturated rings. The molecule has 1 aromatic heterocycles. The van der Waals surface area contributed by atoms with E-state index in [9.17, 15) is 4.79 Å². The van der Waals surface area contributed by atoms with Gasteiger partial charge in [0.25, 0.3) is 5.91 Å². The van der Waals surface area contributed by atoms with Crippen molar-refractivity contribution in [2.24, 2.45) is 12.0 Å². The van der Waals surface area contributed by atoms with Crippen LogP contribution in [-0.4, -0.2) is 27.9 Å². The molecule has 0 aliphatic carbocycles. The molecular weight excluding hydrogens is 350 g/mol. The largest absolute Gasteiger partial charge is 0.340 e. The van der Waals surface area contributed by atoms with Gasteiger partial charge in [0.15, 0.2) is 5.17 Å². The summed E-state index contributed by atoms with van der Waals surface area (Å²) in [6, 6.07) is 11.8. The number of carbonyl (C=O) groups excluding carboxylic acids is 1. The number of hydrogen-bond donors (Lipinski definition) is 1. The van der Waals surface area contributed by atoms with Crippen molar-refractivity contribution in [3.05, 3.63) is 46.6 Å². The molecule has 0 spiro atoms. The highest BCUT2D eigenvalue weighted by Gasteiger charge is 2.17. The summed E-state index contributed by atoms with van der Waals surface area (Å²) in [6.07, 6.45) is 0. The minimum absolute atomic E-state index is 0.119. The van der Waals surface area contributed by atoms with Gasteiger partial charge >= 0.3 is 0 Å². The SMILES string of the molecule is Cn1c(C(=O)NC2=NCCS2)ccc1-c1cccc(Br)c1. The second-order valence-electron chi connectivity index (χ2n) is 4.66. The molecule has 6 heteroatoms. The van der Waals surface area contributed by atoms with Crippen molar-refractivity contribution in [2.45, 2.75) is 0 Å². The molecule has 0 bridgehead atoms. The van der Waals surface area contributed by atoms with Crippen molar-refractivity contribution in [1.82, 2.24) is 9.88 Å². The van der Waals surface area contributed by atoms with Crippen LogP contribution in [0.4, 0.5) is 0 Å². The second kappa shape index (κ2) is 6.07. The summed E-state index contributed by atoms with van der Waals surface area (Å²) < 4.78 is 2.92. The molecule has 1 amide bonds. The van der Waals surface area contributed by atoms with E-state index in [0.29, 0.717) is 10.9 Å². The van der Waals surface area contributed by atoms with Gasteiger partial charge in [0.05, 0.1) is 6.54 Å². The molecule has 0 radical (unpaired) electrons. The summed E-state index contributed by atoms with van der Waals surface area (Å²) in [7, 11) is 1.90. The monoisotopic (exact) mass is 363 g/mol. The van der Waals surface area contributed by atoms with Crippen LogP contribution in [0.25, 0.3) is 11.3 Å². The molecule has 2 aromatic rings. The number of rotatable bonds is 2. The zero-order valence-corrected chi connectivity index (χ0v) is 13.9. The van der Waals surface area contributed by atoms with Gasteiger partial charge in [0.2, 0.25) is 0 Å². The first kappa shape index (κ1) is 14.4. The molecule has 1 aliphatic heterocycles. The van der Waals surface area contributed by atoms with E-state index < -0.39 is 0 Å². The molecule has 2 heterocycles. The Morgan fingerprint density at radius 1 is 1.38 bits per heavy atom. The van der Waals surface area contributed by atoms with E-state index in [1.54, 1.807) is 11.8 Å². The smallest absolute Gasteiger partial charge is 0.273 e. The third kappa shape index (κ3) is 3.06. The first-order chi connectivity index (χ1) is 10.1. The molecular formula is C15H14BrN3OS. The maximum Gasteiger partial charge on any atom is 0.273 e. The molecule has 0 atom stereocenters. The Morgan fingerprint density at radius 2 is 2.24 bits per heavy atom. The van der Waals surface area contributed by atoms with Crippen molar-refractivity contribution in [1.29, 1.82) is 0 Å². The van der Waals surface area contributed by atoms with E-state index >= 15 is 0 Å². The number of aliphatic imine (C=N–C) groups is 1. The molecule has 0 saturated heterocycles. The van der Waals surface area contributed by atoms with Gasteiger partial charge in [-0.1, -0.05) is 39.8 Å². The second-order valence-corrected chi connectivity index (χ2v) is 6.66. The Labute approximate surface area is 135 Å².